The van der Waals surface area contributed by atoms with Crippen molar-refractivity contribution in [3.8, 4) is 0 Å². The second-order valence-corrected chi connectivity index (χ2v) is 7.89. The van der Waals surface area contributed by atoms with Gasteiger partial charge >= 0.3 is 0 Å². The Balaban J connectivity index is 2.25. The molecule has 0 aromatic heterocycles. The smallest absolute Gasteiger partial charge is 0.137 e. The van der Waals surface area contributed by atoms with Gasteiger partial charge in [0.15, 0.2) is 0 Å². The van der Waals surface area contributed by atoms with E-state index in [1.165, 1.54) is 23.4 Å². The molecule has 0 radical (unpaired) electrons. The van der Waals surface area contributed by atoms with Crippen LogP contribution in [0.1, 0.15) is 26.3 Å². The highest BCUT2D eigenvalue weighted by molar-refractivity contribution is 9.10. The quantitative estimate of drug-likeness (QED) is 0.751. The Labute approximate surface area is 138 Å². The van der Waals surface area contributed by atoms with Gasteiger partial charge in [-0.3, -0.25) is 0 Å². The minimum atomic E-state index is -0.183. The van der Waals surface area contributed by atoms with E-state index in [-0.39, 0.29) is 11.4 Å². The lowest BCUT2D eigenvalue weighted by molar-refractivity contribution is 0.422. The summed E-state index contributed by atoms with van der Waals surface area (Å²) in [6.45, 7) is 7.16. The van der Waals surface area contributed by atoms with Crippen LogP contribution in [0.4, 0.5) is 4.39 Å². The van der Waals surface area contributed by atoms with Gasteiger partial charge in [0.25, 0.3) is 0 Å². The monoisotopic (exact) mass is 367 g/mol. The zero-order valence-electron chi connectivity index (χ0n) is 12.4. The summed E-state index contributed by atoms with van der Waals surface area (Å²) in [5.41, 5.74) is 1.22. The average molecular weight is 368 g/mol. The van der Waals surface area contributed by atoms with Crippen LogP contribution in [0.25, 0.3) is 0 Å². The Morgan fingerprint density at radius 2 is 1.81 bits per heavy atom. The second kappa shape index (κ2) is 6.95. The molecule has 0 spiro atoms. The van der Waals surface area contributed by atoms with Crippen LogP contribution in [0.15, 0.2) is 56.7 Å². The molecule has 4 heteroatoms. The molecule has 112 valence electrons. The van der Waals surface area contributed by atoms with Gasteiger partial charge in [-0.15, -0.1) is 0 Å². The molecule has 2 aromatic rings. The first-order valence-corrected chi connectivity index (χ1v) is 8.42. The third-order valence-corrected chi connectivity index (χ3v) is 4.54. The topological polar surface area (TPSA) is 12.0 Å². The molecule has 0 bridgehead atoms. The van der Waals surface area contributed by atoms with E-state index in [1.54, 1.807) is 6.07 Å². The van der Waals surface area contributed by atoms with Crippen molar-refractivity contribution in [3.63, 3.8) is 0 Å². The van der Waals surface area contributed by atoms with E-state index in [2.05, 4.69) is 48.1 Å². The van der Waals surface area contributed by atoms with Crippen LogP contribution in [0.3, 0.4) is 0 Å². The van der Waals surface area contributed by atoms with E-state index < -0.39 is 0 Å². The third kappa shape index (κ3) is 5.13. The standard InChI is InChI=1S/C17H19BrFNS/c1-17(2,3)20-11-12-8-9-13(18)10-16(12)21-15-7-5-4-6-14(15)19/h4-10,20H,11H2,1-3H3. The maximum absolute atomic E-state index is 13.8. The summed E-state index contributed by atoms with van der Waals surface area (Å²) >= 11 is 4.95. The van der Waals surface area contributed by atoms with Crippen molar-refractivity contribution in [1.82, 2.24) is 5.32 Å². The first-order valence-electron chi connectivity index (χ1n) is 6.81. The maximum Gasteiger partial charge on any atom is 0.137 e. The summed E-state index contributed by atoms with van der Waals surface area (Å²) in [6.07, 6.45) is 0. The molecule has 1 nitrogen and oxygen atoms in total. The maximum atomic E-state index is 13.8. The van der Waals surface area contributed by atoms with Crippen molar-refractivity contribution in [1.29, 1.82) is 0 Å². The van der Waals surface area contributed by atoms with Crippen molar-refractivity contribution in [2.45, 2.75) is 42.6 Å². The number of halogens is 2. The molecule has 2 aromatic carbocycles. The Kier molecular flexibility index (Phi) is 5.47. The molecule has 1 N–H and O–H groups in total. The summed E-state index contributed by atoms with van der Waals surface area (Å²) in [7, 11) is 0. The van der Waals surface area contributed by atoms with Crippen LogP contribution in [0, 0.1) is 5.82 Å². The van der Waals surface area contributed by atoms with Crippen LogP contribution in [0.2, 0.25) is 0 Å². The van der Waals surface area contributed by atoms with E-state index in [9.17, 15) is 4.39 Å². The van der Waals surface area contributed by atoms with Gasteiger partial charge in [0.1, 0.15) is 5.82 Å². The van der Waals surface area contributed by atoms with Crippen molar-refractivity contribution in [2.24, 2.45) is 0 Å². The normalized spacial score (nSPS) is 11.7. The first kappa shape index (κ1) is 16.5. The van der Waals surface area contributed by atoms with Gasteiger partial charge in [-0.25, -0.2) is 4.39 Å². The van der Waals surface area contributed by atoms with Gasteiger partial charge in [-0.2, -0.15) is 0 Å². The number of benzene rings is 2. The van der Waals surface area contributed by atoms with Crippen LogP contribution < -0.4 is 5.32 Å². The van der Waals surface area contributed by atoms with E-state index in [1.807, 2.05) is 24.3 Å². The lowest BCUT2D eigenvalue weighted by Crippen LogP contribution is -2.35. The fourth-order valence-corrected chi connectivity index (χ4v) is 3.29. The van der Waals surface area contributed by atoms with Gasteiger partial charge < -0.3 is 5.32 Å². The van der Waals surface area contributed by atoms with E-state index in [0.717, 1.165) is 15.9 Å². The van der Waals surface area contributed by atoms with Gasteiger partial charge in [0, 0.05) is 26.3 Å². The van der Waals surface area contributed by atoms with Crippen molar-refractivity contribution in [2.75, 3.05) is 0 Å². The highest BCUT2D eigenvalue weighted by Crippen LogP contribution is 2.34. The predicted molar refractivity (Wildman–Crippen MR) is 91.3 cm³/mol. The van der Waals surface area contributed by atoms with E-state index in [4.69, 9.17) is 0 Å². The number of rotatable bonds is 4. The second-order valence-electron chi connectivity index (χ2n) is 5.89. The zero-order chi connectivity index (χ0) is 15.5. The molecule has 0 amide bonds. The van der Waals surface area contributed by atoms with Crippen LogP contribution in [-0.2, 0) is 6.54 Å². The summed E-state index contributed by atoms with van der Waals surface area (Å²) in [5, 5.41) is 3.48. The molecule has 0 heterocycles. The summed E-state index contributed by atoms with van der Waals surface area (Å²) in [6, 6.07) is 13.0. The Bertz CT molecular complexity index is 622. The SMILES string of the molecule is CC(C)(C)NCc1ccc(Br)cc1Sc1ccccc1F. The Morgan fingerprint density at radius 1 is 1.10 bits per heavy atom. The van der Waals surface area contributed by atoms with Crippen LogP contribution in [-0.4, -0.2) is 5.54 Å². The van der Waals surface area contributed by atoms with Crippen LogP contribution in [0.5, 0.6) is 0 Å². The van der Waals surface area contributed by atoms with E-state index in [0.29, 0.717) is 4.90 Å². The molecule has 0 saturated carbocycles. The molecule has 0 unspecified atom stereocenters. The molecule has 0 aliphatic heterocycles. The fraction of sp³-hybridized carbons (Fsp3) is 0.294. The summed E-state index contributed by atoms with van der Waals surface area (Å²) < 4.78 is 14.8. The van der Waals surface area contributed by atoms with Gasteiger partial charge in [-0.05, 0) is 50.6 Å². The average Bonchev–Trinajstić information content (AvgIpc) is 2.39. The summed E-state index contributed by atoms with van der Waals surface area (Å²) in [4.78, 5) is 1.71. The summed E-state index contributed by atoms with van der Waals surface area (Å²) in [5.74, 6) is -0.183. The van der Waals surface area contributed by atoms with Crippen LogP contribution >= 0.6 is 27.7 Å². The predicted octanol–water partition coefficient (Wildman–Crippen LogP) is 5.63. The number of nitrogens with one attached hydrogen (secondary N) is 1. The largest absolute Gasteiger partial charge is 0.308 e. The highest BCUT2D eigenvalue weighted by Gasteiger charge is 2.12. The molecule has 2 rings (SSSR count). The molecule has 21 heavy (non-hydrogen) atoms. The lowest BCUT2D eigenvalue weighted by atomic mass is 10.1. The zero-order valence-corrected chi connectivity index (χ0v) is 14.8. The molecule has 0 aliphatic carbocycles. The molecular weight excluding hydrogens is 349 g/mol. The third-order valence-electron chi connectivity index (χ3n) is 2.89. The fourth-order valence-electron chi connectivity index (χ4n) is 1.78. The van der Waals surface area contributed by atoms with Crippen molar-refractivity contribution < 1.29 is 4.39 Å². The first-order chi connectivity index (χ1) is 9.85. The van der Waals surface area contributed by atoms with Crippen molar-refractivity contribution >= 4 is 27.7 Å². The van der Waals surface area contributed by atoms with Gasteiger partial charge in [0.05, 0.1) is 0 Å². The van der Waals surface area contributed by atoms with Crippen molar-refractivity contribution in [3.05, 3.63) is 58.3 Å². The Morgan fingerprint density at radius 3 is 2.48 bits per heavy atom. The molecule has 0 atom stereocenters. The molecule has 0 saturated heterocycles. The number of hydrogen-bond acceptors (Lipinski definition) is 2. The molecular formula is C17H19BrFNS. The van der Waals surface area contributed by atoms with E-state index >= 15 is 0 Å². The highest BCUT2D eigenvalue weighted by atomic mass is 79.9. The molecule has 0 fully saturated rings. The molecule has 0 aliphatic rings. The number of hydrogen-bond donors (Lipinski definition) is 1. The minimum Gasteiger partial charge on any atom is -0.308 e. The van der Waals surface area contributed by atoms with Gasteiger partial charge in [0.2, 0.25) is 0 Å². The Hall–Kier alpha value is -0.840. The lowest BCUT2D eigenvalue weighted by Gasteiger charge is -2.21. The van der Waals surface area contributed by atoms with Gasteiger partial charge in [-0.1, -0.05) is 45.9 Å². The minimum absolute atomic E-state index is 0.0486.